The zero-order chi connectivity index (χ0) is 15.5. The predicted octanol–water partition coefficient (Wildman–Crippen LogP) is 2.27. The molecule has 0 aromatic carbocycles. The highest BCUT2D eigenvalue weighted by molar-refractivity contribution is 9.10. The lowest BCUT2D eigenvalue weighted by Crippen LogP contribution is -2.59. The van der Waals surface area contributed by atoms with Gasteiger partial charge in [0.2, 0.25) is 0 Å². The number of pyridine rings is 1. The molecule has 0 aliphatic heterocycles. The van der Waals surface area contributed by atoms with Crippen LogP contribution in [-0.4, -0.2) is 27.5 Å². The second-order valence-electron chi connectivity index (χ2n) is 5.57. The molecule has 0 bridgehead atoms. The van der Waals surface area contributed by atoms with Gasteiger partial charge in [0.05, 0.1) is 0 Å². The van der Waals surface area contributed by atoms with Crippen LogP contribution in [0.3, 0.4) is 0 Å². The van der Waals surface area contributed by atoms with Gasteiger partial charge in [-0.1, -0.05) is 12.1 Å². The second kappa shape index (κ2) is 6.43. The fourth-order valence-corrected chi connectivity index (χ4v) is 2.82. The number of hydrogen-bond acceptors (Lipinski definition) is 4. The van der Waals surface area contributed by atoms with Crippen LogP contribution >= 0.6 is 15.9 Å². The van der Waals surface area contributed by atoms with Crippen molar-refractivity contribution < 1.29 is 10.0 Å². The summed E-state index contributed by atoms with van der Waals surface area (Å²) in [6, 6.07) is 3.38. The molecular formula is C14H19BrN4O2. The van der Waals surface area contributed by atoms with Gasteiger partial charge >= 0.3 is 0 Å². The van der Waals surface area contributed by atoms with Crippen LogP contribution in [0.15, 0.2) is 28.0 Å². The summed E-state index contributed by atoms with van der Waals surface area (Å²) in [6.07, 6.45) is 4.72. The van der Waals surface area contributed by atoms with Crippen molar-refractivity contribution in [2.24, 2.45) is 16.8 Å². The molecule has 0 unspecified atom stereocenters. The zero-order valence-electron chi connectivity index (χ0n) is 11.8. The maximum Gasteiger partial charge on any atom is 0.270 e. The van der Waals surface area contributed by atoms with Crippen molar-refractivity contribution in [3.05, 3.63) is 28.5 Å². The quantitative estimate of drug-likeness (QED) is 0.335. The van der Waals surface area contributed by atoms with Crippen molar-refractivity contribution >= 4 is 27.7 Å². The largest absolute Gasteiger partial charge is 0.409 e. The molecule has 1 aromatic rings. The molecule has 0 saturated heterocycles. The minimum Gasteiger partial charge on any atom is -0.409 e. The van der Waals surface area contributed by atoms with Crippen molar-refractivity contribution in [2.75, 3.05) is 0 Å². The smallest absolute Gasteiger partial charge is 0.270 e. The number of halogens is 1. The summed E-state index contributed by atoms with van der Waals surface area (Å²) in [5.41, 5.74) is 5.36. The summed E-state index contributed by atoms with van der Waals surface area (Å²) in [5, 5.41) is 15.1. The molecule has 6 nitrogen and oxygen atoms in total. The van der Waals surface area contributed by atoms with Crippen LogP contribution in [0.1, 0.15) is 43.1 Å². The highest BCUT2D eigenvalue weighted by Gasteiger charge is 2.40. The number of hydrogen-bond donors (Lipinski definition) is 3. The Morgan fingerprint density at radius 3 is 2.71 bits per heavy atom. The molecule has 1 heterocycles. The van der Waals surface area contributed by atoms with E-state index in [9.17, 15) is 4.79 Å². The van der Waals surface area contributed by atoms with Crippen molar-refractivity contribution in [2.45, 2.75) is 38.1 Å². The lowest BCUT2D eigenvalue weighted by atomic mass is 9.76. The summed E-state index contributed by atoms with van der Waals surface area (Å²) < 4.78 is 0.802. The van der Waals surface area contributed by atoms with Crippen LogP contribution < -0.4 is 11.1 Å². The number of carbonyl (C=O) groups excluding carboxylic acids is 1. The monoisotopic (exact) mass is 354 g/mol. The van der Waals surface area contributed by atoms with Crippen LogP contribution in [-0.2, 0) is 0 Å². The van der Waals surface area contributed by atoms with Gasteiger partial charge in [0, 0.05) is 10.7 Å². The summed E-state index contributed by atoms with van der Waals surface area (Å²) in [5.74, 6) is 0.316. The standard InChI is InChI=1S/C14H19BrN4O2/c1-9-4-6-14(7-5-9,13(16)19-21)18-12(20)11-3-2-10(15)8-17-11/h2-3,8-9,21H,4-7H2,1H3,(H2,16,19)(H,18,20). The van der Waals surface area contributed by atoms with E-state index in [2.05, 4.69) is 38.3 Å². The average Bonchev–Trinajstić information content (AvgIpc) is 2.49. The normalized spacial score (nSPS) is 26.4. The second-order valence-corrected chi connectivity index (χ2v) is 6.48. The van der Waals surface area contributed by atoms with E-state index in [1.54, 1.807) is 18.3 Å². The molecule has 1 fully saturated rings. The first-order valence-corrected chi connectivity index (χ1v) is 7.68. The van der Waals surface area contributed by atoms with Crippen LogP contribution in [0, 0.1) is 5.92 Å². The number of carbonyl (C=O) groups is 1. The molecule has 1 aliphatic carbocycles. The predicted molar refractivity (Wildman–Crippen MR) is 83.2 cm³/mol. The van der Waals surface area contributed by atoms with E-state index in [1.807, 2.05) is 0 Å². The Hall–Kier alpha value is -1.63. The molecule has 0 radical (unpaired) electrons. The van der Waals surface area contributed by atoms with E-state index < -0.39 is 5.54 Å². The van der Waals surface area contributed by atoms with Crippen molar-refractivity contribution in [3.8, 4) is 0 Å². The number of amidine groups is 1. The molecule has 1 aromatic heterocycles. The summed E-state index contributed by atoms with van der Waals surface area (Å²) in [7, 11) is 0. The molecule has 4 N–H and O–H groups in total. The Bertz CT molecular complexity index is 536. The van der Waals surface area contributed by atoms with Gasteiger partial charge in [-0.3, -0.25) is 4.79 Å². The number of nitrogens with zero attached hydrogens (tertiary/aromatic N) is 2. The Kier molecular flexibility index (Phi) is 4.82. The Morgan fingerprint density at radius 2 is 2.19 bits per heavy atom. The van der Waals surface area contributed by atoms with Gasteiger partial charge in [0.15, 0.2) is 5.84 Å². The number of rotatable bonds is 3. The number of nitrogens with one attached hydrogen (secondary N) is 1. The number of oxime groups is 1. The molecule has 7 heteroatoms. The fourth-order valence-electron chi connectivity index (χ4n) is 2.59. The topological polar surface area (TPSA) is 101 Å². The first-order valence-electron chi connectivity index (χ1n) is 6.89. The Balaban J connectivity index is 2.19. The molecule has 1 saturated carbocycles. The van der Waals surface area contributed by atoms with E-state index in [4.69, 9.17) is 10.9 Å². The van der Waals surface area contributed by atoms with Crippen LogP contribution in [0.25, 0.3) is 0 Å². The third-order valence-corrected chi connectivity index (χ3v) is 4.51. The van der Waals surface area contributed by atoms with Gasteiger partial charge in [-0.25, -0.2) is 4.98 Å². The van der Waals surface area contributed by atoms with Crippen LogP contribution in [0.2, 0.25) is 0 Å². The van der Waals surface area contributed by atoms with Crippen LogP contribution in [0.4, 0.5) is 0 Å². The molecule has 1 amide bonds. The molecule has 0 spiro atoms. The Labute approximate surface area is 131 Å². The SMILES string of the molecule is CC1CCC(NC(=O)c2ccc(Br)cn2)(C(N)=NO)CC1. The lowest BCUT2D eigenvalue weighted by Gasteiger charge is -2.38. The highest BCUT2D eigenvalue weighted by atomic mass is 79.9. The third-order valence-electron chi connectivity index (χ3n) is 4.04. The minimum atomic E-state index is -0.785. The summed E-state index contributed by atoms with van der Waals surface area (Å²) in [4.78, 5) is 16.4. The van der Waals surface area contributed by atoms with E-state index >= 15 is 0 Å². The number of amides is 1. The molecule has 2 rings (SSSR count). The molecule has 1 aliphatic rings. The summed E-state index contributed by atoms with van der Waals surface area (Å²) in [6.45, 7) is 2.16. The zero-order valence-corrected chi connectivity index (χ0v) is 13.4. The van der Waals surface area contributed by atoms with E-state index in [0.717, 1.165) is 17.3 Å². The lowest BCUT2D eigenvalue weighted by molar-refractivity contribution is 0.0892. The van der Waals surface area contributed by atoms with Gasteiger partial charge in [0.1, 0.15) is 11.2 Å². The third kappa shape index (κ3) is 3.53. The van der Waals surface area contributed by atoms with Gasteiger partial charge in [-0.15, -0.1) is 0 Å². The first-order chi connectivity index (χ1) is 9.97. The molecule has 21 heavy (non-hydrogen) atoms. The number of aromatic nitrogens is 1. The van der Waals surface area contributed by atoms with E-state index in [1.165, 1.54) is 0 Å². The molecule has 0 atom stereocenters. The van der Waals surface area contributed by atoms with Crippen molar-refractivity contribution in [1.82, 2.24) is 10.3 Å². The van der Waals surface area contributed by atoms with Crippen molar-refractivity contribution in [3.63, 3.8) is 0 Å². The van der Waals surface area contributed by atoms with Crippen molar-refractivity contribution in [1.29, 1.82) is 0 Å². The van der Waals surface area contributed by atoms with Gasteiger partial charge < -0.3 is 16.3 Å². The number of nitrogens with two attached hydrogens (primary N) is 1. The molecule has 114 valence electrons. The van der Waals surface area contributed by atoms with E-state index in [0.29, 0.717) is 24.5 Å². The maximum absolute atomic E-state index is 12.4. The van der Waals surface area contributed by atoms with E-state index in [-0.39, 0.29) is 11.7 Å². The average molecular weight is 355 g/mol. The maximum atomic E-state index is 12.4. The Morgan fingerprint density at radius 1 is 1.52 bits per heavy atom. The molecular weight excluding hydrogens is 336 g/mol. The van der Waals surface area contributed by atoms with Gasteiger partial charge in [-0.05, 0) is 59.7 Å². The van der Waals surface area contributed by atoms with Gasteiger partial charge in [-0.2, -0.15) is 0 Å². The highest BCUT2D eigenvalue weighted by Crippen LogP contribution is 2.32. The van der Waals surface area contributed by atoms with Gasteiger partial charge in [0.25, 0.3) is 5.91 Å². The first kappa shape index (κ1) is 15.8. The minimum absolute atomic E-state index is 0.0554. The fraction of sp³-hybridized carbons (Fsp3) is 0.500. The van der Waals surface area contributed by atoms with Crippen LogP contribution in [0.5, 0.6) is 0 Å². The summed E-state index contributed by atoms with van der Waals surface area (Å²) >= 11 is 3.28.